The number of rotatable bonds is 4. The fraction of sp³-hybridized carbons (Fsp3) is 0.562. The van der Waals surface area contributed by atoms with Gasteiger partial charge in [0.25, 0.3) is 0 Å². The number of hydrogen-bond donors (Lipinski definition) is 0. The highest BCUT2D eigenvalue weighted by atomic mass is 35.5. The van der Waals surface area contributed by atoms with E-state index in [9.17, 15) is 5.26 Å². The summed E-state index contributed by atoms with van der Waals surface area (Å²) < 4.78 is 6.01. The molecule has 3 unspecified atom stereocenters. The predicted octanol–water partition coefficient (Wildman–Crippen LogP) is 4.83. The molecule has 0 spiro atoms. The molecular weight excluding hydrogens is 258 g/mol. The third-order valence-electron chi connectivity index (χ3n) is 3.86. The van der Waals surface area contributed by atoms with Gasteiger partial charge in [-0.25, -0.2) is 0 Å². The van der Waals surface area contributed by atoms with Crippen LogP contribution in [0.3, 0.4) is 0 Å². The van der Waals surface area contributed by atoms with Gasteiger partial charge in [0.05, 0.1) is 12.0 Å². The van der Waals surface area contributed by atoms with Crippen LogP contribution in [0.1, 0.15) is 39.0 Å². The van der Waals surface area contributed by atoms with E-state index in [1.165, 1.54) is 12.8 Å². The maximum absolute atomic E-state index is 9.25. The van der Waals surface area contributed by atoms with Crippen molar-refractivity contribution in [3.05, 3.63) is 29.3 Å². The van der Waals surface area contributed by atoms with Crippen LogP contribution in [0.25, 0.3) is 0 Å². The quantitative estimate of drug-likeness (QED) is 0.790. The molecule has 0 saturated heterocycles. The summed E-state index contributed by atoms with van der Waals surface area (Å²) >= 11 is 5.87. The third kappa shape index (κ3) is 3.88. The van der Waals surface area contributed by atoms with Gasteiger partial charge in [-0.05, 0) is 49.4 Å². The molecule has 2 rings (SSSR count). The van der Waals surface area contributed by atoms with E-state index in [0.717, 1.165) is 25.0 Å². The van der Waals surface area contributed by atoms with Gasteiger partial charge in [0, 0.05) is 5.02 Å². The lowest BCUT2D eigenvalue weighted by atomic mass is 9.78. The van der Waals surface area contributed by atoms with Gasteiger partial charge >= 0.3 is 0 Å². The fourth-order valence-electron chi connectivity index (χ4n) is 2.85. The first kappa shape index (κ1) is 14.2. The van der Waals surface area contributed by atoms with Crippen molar-refractivity contribution in [2.45, 2.75) is 45.1 Å². The summed E-state index contributed by atoms with van der Waals surface area (Å²) in [7, 11) is 0. The maximum Gasteiger partial charge on any atom is 0.119 e. The molecular formula is C16H20ClNO. The summed E-state index contributed by atoms with van der Waals surface area (Å²) in [6.07, 6.45) is 5.57. The molecule has 0 aliphatic heterocycles. The Kier molecular flexibility index (Phi) is 5.10. The number of halogens is 1. The van der Waals surface area contributed by atoms with Crippen LogP contribution in [0.5, 0.6) is 5.75 Å². The Hall–Kier alpha value is -1.20. The number of nitriles is 1. The van der Waals surface area contributed by atoms with Gasteiger partial charge in [-0.2, -0.15) is 5.26 Å². The molecule has 1 aliphatic carbocycles. The summed E-state index contributed by atoms with van der Waals surface area (Å²) in [6, 6.07) is 9.80. The van der Waals surface area contributed by atoms with Crippen molar-refractivity contribution < 1.29 is 4.74 Å². The van der Waals surface area contributed by atoms with Crippen molar-refractivity contribution in [2.75, 3.05) is 0 Å². The number of hydrogen-bond acceptors (Lipinski definition) is 2. The van der Waals surface area contributed by atoms with Gasteiger partial charge in [-0.1, -0.05) is 31.4 Å². The minimum Gasteiger partial charge on any atom is -0.489 e. The zero-order chi connectivity index (χ0) is 13.7. The second-order valence-electron chi connectivity index (χ2n) is 5.31. The van der Waals surface area contributed by atoms with E-state index < -0.39 is 0 Å². The summed E-state index contributed by atoms with van der Waals surface area (Å²) in [4.78, 5) is 0. The van der Waals surface area contributed by atoms with Crippen LogP contribution in [-0.4, -0.2) is 6.10 Å². The summed E-state index contributed by atoms with van der Waals surface area (Å²) in [5.41, 5.74) is 0. The largest absolute Gasteiger partial charge is 0.489 e. The highest BCUT2D eigenvalue weighted by Gasteiger charge is 2.31. The lowest BCUT2D eigenvalue weighted by molar-refractivity contribution is 0.0875. The first-order valence-corrected chi connectivity index (χ1v) is 7.42. The van der Waals surface area contributed by atoms with Crippen LogP contribution in [0.2, 0.25) is 5.02 Å². The monoisotopic (exact) mass is 277 g/mol. The molecule has 3 heteroatoms. The molecule has 0 heterocycles. The zero-order valence-electron chi connectivity index (χ0n) is 11.3. The average Bonchev–Trinajstić information content (AvgIpc) is 2.42. The normalized spacial score (nSPS) is 26.7. The van der Waals surface area contributed by atoms with Crippen LogP contribution in [0.15, 0.2) is 24.3 Å². The van der Waals surface area contributed by atoms with Gasteiger partial charge in [0.15, 0.2) is 0 Å². The lowest BCUT2D eigenvalue weighted by Gasteiger charge is -2.33. The molecule has 1 fully saturated rings. The Balaban J connectivity index is 2.02. The molecule has 1 aromatic carbocycles. The molecule has 0 radical (unpaired) electrons. The average molecular weight is 278 g/mol. The summed E-state index contributed by atoms with van der Waals surface area (Å²) in [5.74, 6) is 1.53. The van der Waals surface area contributed by atoms with Crippen molar-refractivity contribution >= 4 is 11.6 Å². The molecule has 0 N–H and O–H groups in total. The Labute approximate surface area is 120 Å². The lowest BCUT2D eigenvalue weighted by Crippen LogP contribution is -2.33. The second-order valence-corrected chi connectivity index (χ2v) is 5.75. The van der Waals surface area contributed by atoms with Gasteiger partial charge < -0.3 is 4.74 Å². The minimum absolute atomic E-state index is 0.0174. The van der Waals surface area contributed by atoms with Gasteiger partial charge in [-0.15, -0.1) is 0 Å². The Morgan fingerprint density at radius 1 is 1.32 bits per heavy atom. The highest BCUT2D eigenvalue weighted by molar-refractivity contribution is 6.30. The maximum atomic E-state index is 9.25. The van der Waals surface area contributed by atoms with E-state index in [-0.39, 0.29) is 12.0 Å². The molecule has 1 saturated carbocycles. The smallest absolute Gasteiger partial charge is 0.119 e. The van der Waals surface area contributed by atoms with Crippen LogP contribution in [-0.2, 0) is 0 Å². The van der Waals surface area contributed by atoms with Crippen LogP contribution < -0.4 is 4.74 Å². The Bertz CT molecular complexity index is 437. The topological polar surface area (TPSA) is 33.0 Å². The number of benzene rings is 1. The van der Waals surface area contributed by atoms with E-state index in [2.05, 4.69) is 13.0 Å². The highest BCUT2D eigenvalue weighted by Crippen LogP contribution is 2.34. The third-order valence-corrected chi connectivity index (χ3v) is 4.12. The molecule has 3 atom stereocenters. The first-order chi connectivity index (χ1) is 9.22. The van der Waals surface area contributed by atoms with E-state index >= 15 is 0 Å². The standard InChI is InChI=1S/C16H20ClNO/c1-2-3-12-4-5-13(11-18)16(10-12)19-15-8-6-14(17)7-9-15/h6-9,12-13,16H,2-5,10H2,1H3. The fourth-order valence-corrected chi connectivity index (χ4v) is 2.97. The molecule has 19 heavy (non-hydrogen) atoms. The van der Waals surface area contributed by atoms with E-state index in [0.29, 0.717) is 10.9 Å². The molecule has 0 aromatic heterocycles. The van der Waals surface area contributed by atoms with Gasteiger partial charge in [0.2, 0.25) is 0 Å². The zero-order valence-corrected chi connectivity index (χ0v) is 12.1. The number of ether oxygens (including phenoxy) is 1. The number of nitrogens with zero attached hydrogens (tertiary/aromatic N) is 1. The van der Waals surface area contributed by atoms with Crippen LogP contribution in [0.4, 0.5) is 0 Å². The van der Waals surface area contributed by atoms with Crippen molar-refractivity contribution in [1.29, 1.82) is 5.26 Å². The van der Waals surface area contributed by atoms with Crippen LogP contribution >= 0.6 is 11.6 Å². The Morgan fingerprint density at radius 3 is 2.68 bits per heavy atom. The minimum atomic E-state index is 0.0174. The van der Waals surface area contributed by atoms with Crippen molar-refractivity contribution in [3.63, 3.8) is 0 Å². The first-order valence-electron chi connectivity index (χ1n) is 7.04. The molecule has 2 nitrogen and oxygen atoms in total. The molecule has 102 valence electrons. The summed E-state index contributed by atoms with van der Waals surface area (Å²) in [5, 5.41) is 9.95. The van der Waals surface area contributed by atoms with E-state index in [1.54, 1.807) is 0 Å². The van der Waals surface area contributed by atoms with E-state index in [1.807, 2.05) is 24.3 Å². The molecule has 1 aromatic rings. The summed E-state index contributed by atoms with van der Waals surface area (Å²) in [6.45, 7) is 2.21. The second kappa shape index (κ2) is 6.82. The van der Waals surface area contributed by atoms with Crippen molar-refractivity contribution in [1.82, 2.24) is 0 Å². The van der Waals surface area contributed by atoms with Crippen LogP contribution in [0, 0.1) is 23.2 Å². The van der Waals surface area contributed by atoms with Gasteiger partial charge in [-0.3, -0.25) is 0 Å². The predicted molar refractivity (Wildman–Crippen MR) is 77.2 cm³/mol. The van der Waals surface area contributed by atoms with Gasteiger partial charge in [0.1, 0.15) is 11.9 Å². The van der Waals surface area contributed by atoms with Crippen molar-refractivity contribution in [3.8, 4) is 11.8 Å². The molecule has 0 bridgehead atoms. The molecule has 0 amide bonds. The Morgan fingerprint density at radius 2 is 2.05 bits per heavy atom. The van der Waals surface area contributed by atoms with E-state index in [4.69, 9.17) is 16.3 Å². The molecule has 1 aliphatic rings. The SMILES string of the molecule is CCCC1CCC(C#N)C(Oc2ccc(Cl)cc2)C1. The van der Waals surface area contributed by atoms with Crippen molar-refractivity contribution in [2.24, 2.45) is 11.8 Å².